The van der Waals surface area contributed by atoms with Crippen molar-refractivity contribution in [2.24, 2.45) is 5.16 Å². The van der Waals surface area contributed by atoms with Gasteiger partial charge in [-0.1, -0.05) is 5.16 Å². The fourth-order valence-electron chi connectivity index (χ4n) is 1.09. The van der Waals surface area contributed by atoms with Crippen molar-refractivity contribution in [2.75, 3.05) is 13.7 Å². The monoisotopic (exact) mass is 210 g/mol. The van der Waals surface area contributed by atoms with Crippen molar-refractivity contribution in [3.05, 3.63) is 39.9 Å². The molecule has 1 rings (SSSR count). The Balaban J connectivity index is 2.89. The van der Waals surface area contributed by atoms with Gasteiger partial charge in [0.15, 0.2) is 5.71 Å². The van der Waals surface area contributed by atoms with E-state index in [2.05, 4.69) is 5.16 Å². The number of nitro groups is 1. The van der Waals surface area contributed by atoms with Crippen LogP contribution in [0.25, 0.3) is 0 Å². The summed E-state index contributed by atoms with van der Waals surface area (Å²) in [6.45, 7) is -0.511. The molecule has 0 atom stereocenters. The van der Waals surface area contributed by atoms with E-state index in [0.29, 0.717) is 11.3 Å². The standard InChI is InChI=1S/C9H10N2O4/c1-15-8-4-2-7(3-5-8)9(10-12)6-11(13)14/h2-5,12H,6H2,1H3/b10-9+. The number of ether oxygens (including phenoxy) is 1. The highest BCUT2D eigenvalue weighted by atomic mass is 16.6. The van der Waals surface area contributed by atoms with E-state index >= 15 is 0 Å². The van der Waals surface area contributed by atoms with E-state index in [1.165, 1.54) is 7.11 Å². The van der Waals surface area contributed by atoms with Gasteiger partial charge in [-0.3, -0.25) is 10.1 Å². The normalized spacial score (nSPS) is 11.1. The molecule has 6 heteroatoms. The second kappa shape index (κ2) is 4.94. The van der Waals surface area contributed by atoms with Crippen LogP contribution in [0.2, 0.25) is 0 Å². The summed E-state index contributed by atoms with van der Waals surface area (Å²) in [6.07, 6.45) is 0. The Bertz CT molecular complexity index is 372. The number of hydrogen-bond donors (Lipinski definition) is 1. The van der Waals surface area contributed by atoms with Crippen LogP contribution in [-0.4, -0.2) is 29.5 Å². The Labute approximate surface area is 85.9 Å². The van der Waals surface area contributed by atoms with Crippen LogP contribution in [-0.2, 0) is 0 Å². The molecule has 0 heterocycles. The van der Waals surface area contributed by atoms with Crippen molar-refractivity contribution in [3.63, 3.8) is 0 Å². The summed E-state index contributed by atoms with van der Waals surface area (Å²) in [5, 5.41) is 21.7. The van der Waals surface area contributed by atoms with Gasteiger partial charge >= 0.3 is 0 Å². The van der Waals surface area contributed by atoms with Crippen LogP contribution in [0.1, 0.15) is 5.56 Å². The molecule has 0 spiro atoms. The summed E-state index contributed by atoms with van der Waals surface area (Å²) in [4.78, 5) is 9.70. The summed E-state index contributed by atoms with van der Waals surface area (Å²) < 4.78 is 4.93. The van der Waals surface area contributed by atoms with E-state index in [4.69, 9.17) is 9.94 Å². The second-order valence-electron chi connectivity index (χ2n) is 2.77. The quantitative estimate of drug-likeness (QED) is 0.349. The Morgan fingerprint density at radius 2 is 2.13 bits per heavy atom. The van der Waals surface area contributed by atoms with E-state index in [-0.39, 0.29) is 5.71 Å². The number of benzene rings is 1. The SMILES string of the molecule is COc1ccc(/C(C[N+](=O)[O-])=N/O)cc1. The third kappa shape index (κ3) is 2.94. The minimum atomic E-state index is -0.556. The molecule has 80 valence electrons. The number of methoxy groups -OCH3 is 1. The van der Waals surface area contributed by atoms with Gasteiger partial charge in [-0.25, -0.2) is 0 Å². The lowest BCUT2D eigenvalue weighted by Crippen LogP contribution is -2.15. The first kappa shape index (κ1) is 11.0. The van der Waals surface area contributed by atoms with Gasteiger partial charge in [0.1, 0.15) is 5.75 Å². The second-order valence-corrected chi connectivity index (χ2v) is 2.77. The fourth-order valence-corrected chi connectivity index (χ4v) is 1.09. The number of hydrogen-bond acceptors (Lipinski definition) is 5. The Hall–Kier alpha value is -2.11. The summed E-state index contributed by atoms with van der Waals surface area (Å²) >= 11 is 0. The molecule has 0 aliphatic heterocycles. The molecule has 0 aromatic heterocycles. The van der Waals surface area contributed by atoms with Gasteiger partial charge in [-0.2, -0.15) is 0 Å². The molecule has 15 heavy (non-hydrogen) atoms. The first-order valence-corrected chi connectivity index (χ1v) is 4.14. The van der Waals surface area contributed by atoms with Crippen molar-refractivity contribution < 1.29 is 14.9 Å². The molecule has 1 aromatic carbocycles. The molecular weight excluding hydrogens is 200 g/mol. The molecule has 0 fully saturated rings. The van der Waals surface area contributed by atoms with Crippen LogP contribution >= 0.6 is 0 Å². The van der Waals surface area contributed by atoms with Gasteiger partial charge in [0, 0.05) is 10.5 Å². The van der Waals surface area contributed by atoms with Gasteiger partial charge in [0.05, 0.1) is 7.11 Å². The first-order chi connectivity index (χ1) is 7.17. The maximum Gasteiger partial charge on any atom is 0.249 e. The van der Waals surface area contributed by atoms with Crippen LogP contribution in [0.15, 0.2) is 29.4 Å². The van der Waals surface area contributed by atoms with Crippen molar-refractivity contribution in [2.45, 2.75) is 0 Å². The predicted molar refractivity (Wildman–Crippen MR) is 53.2 cm³/mol. The molecule has 1 aromatic rings. The Kier molecular flexibility index (Phi) is 3.61. The van der Waals surface area contributed by atoms with Gasteiger partial charge in [0.25, 0.3) is 0 Å². The Morgan fingerprint density at radius 1 is 1.53 bits per heavy atom. The number of nitrogens with zero attached hydrogens (tertiary/aromatic N) is 2. The summed E-state index contributed by atoms with van der Waals surface area (Å²) in [5.41, 5.74) is 0.512. The highest BCUT2D eigenvalue weighted by Gasteiger charge is 2.10. The lowest BCUT2D eigenvalue weighted by Gasteiger charge is -2.02. The molecule has 1 N–H and O–H groups in total. The zero-order valence-corrected chi connectivity index (χ0v) is 8.08. The molecule has 0 saturated heterocycles. The third-order valence-corrected chi connectivity index (χ3v) is 1.82. The van der Waals surface area contributed by atoms with Crippen LogP contribution in [0.4, 0.5) is 0 Å². The van der Waals surface area contributed by atoms with Crippen LogP contribution in [0, 0.1) is 10.1 Å². The lowest BCUT2D eigenvalue weighted by atomic mass is 10.1. The Morgan fingerprint density at radius 3 is 2.53 bits per heavy atom. The minimum Gasteiger partial charge on any atom is -0.497 e. The molecule has 0 saturated carbocycles. The van der Waals surface area contributed by atoms with Crippen molar-refractivity contribution in [3.8, 4) is 5.75 Å². The topological polar surface area (TPSA) is 85.0 Å². The average Bonchev–Trinajstić information content (AvgIpc) is 2.26. The van der Waals surface area contributed by atoms with E-state index in [9.17, 15) is 10.1 Å². The van der Waals surface area contributed by atoms with E-state index < -0.39 is 11.5 Å². The first-order valence-electron chi connectivity index (χ1n) is 4.14. The fraction of sp³-hybridized carbons (Fsp3) is 0.222. The van der Waals surface area contributed by atoms with E-state index in [1.807, 2.05) is 0 Å². The zero-order valence-electron chi connectivity index (χ0n) is 8.08. The third-order valence-electron chi connectivity index (χ3n) is 1.82. The lowest BCUT2D eigenvalue weighted by molar-refractivity contribution is -0.463. The molecule has 0 aliphatic rings. The van der Waals surface area contributed by atoms with Crippen molar-refractivity contribution >= 4 is 5.71 Å². The molecule has 0 bridgehead atoms. The van der Waals surface area contributed by atoms with Crippen molar-refractivity contribution in [1.82, 2.24) is 0 Å². The zero-order chi connectivity index (χ0) is 11.3. The summed E-state index contributed by atoms with van der Waals surface area (Å²) in [7, 11) is 1.52. The van der Waals surface area contributed by atoms with Gasteiger partial charge in [0.2, 0.25) is 6.54 Å². The highest BCUT2D eigenvalue weighted by Crippen LogP contribution is 2.12. The van der Waals surface area contributed by atoms with Crippen LogP contribution in [0.5, 0.6) is 5.75 Å². The smallest absolute Gasteiger partial charge is 0.249 e. The molecular formula is C9H10N2O4. The highest BCUT2D eigenvalue weighted by molar-refractivity contribution is 6.01. The molecule has 0 amide bonds. The molecule has 6 nitrogen and oxygen atoms in total. The summed E-state index contributed by atoms with van der Waals surface area (Å²) in [5.74, 6) is 0.636. The van der Waals surface area contributed by atoms with Gasteiger partial charge < -0.3 is 9.94 Å². The number of oxime groups is 1. The van der Waals surface area contributed by atoms with E-state index in [1.54, 1.807) is 24.3 Å². The minimum absolute atomic E-state index is 0.0163. The average molecular weight is 210 g/mol. The predicted octanol–water partition coefficient (Wildman–Crippen LogP) is 1.15. The maximum atomic E-state index is 10.3. The van der Waals surface area contributed by atoms with Crippen LogP contribution in [0.3, 0.4) is 0 Å². The van der Waals surface area contributed by atoms with Crippen molar-refractivity contribution in [1.29, 1.82) is 0 Å². The maximum absolute atomic E-state index is 10.3. The van der Waals surface area contributed by atoms with E-state index in [0.717, 1.165) is 0 Å². The molecule has 0 radical (unpaired) electrons. The molecule has 0 unspecified atom stereocenters. The van der Waals surface area contributed by atoms with Gasteiger partial charge in [-0.05, 0) is 24.3 Å². The summed E-state index contributed by atoms with van der Waals surface area (Å²) in [6, 6.07) is 6.47. The van der Waals surface area contributed by atoms with Crippen LogP contribution < -0.4 is 4.74 Å². The number of rotatable bonds is 4. The largest absolute Gasteiger partial charge is 0.497 e. The van der Waals surface area contributed by atoms with Gasteiger partial charge in [-0.15, -0.1) is 0 Å². The molecule has 0 aliphatic carbocycles.